The van der Waals surface area contributed by atoms with Gasteiger partial charge in [0, 0.05) is 0 Å². The molecular formula is C18H31NO. The molecular weight excluding hydrogens is 246 g/mol. The zero-order valence-corrected chi connectivity index (χ0v) is 13.5. The Morgan fingerprint density at radius 1 is 1.00 bits per heavy atom. The minimum atomic E-state index is 0.785. The Balaban J connectivity index is 0.000000396. The number of benzene rings is 1. The van der Waals surface area contributed by atoms with Crippen LogP contribution in [0.4, 0.5) is 0 Å². The third-order valence-electron chi connectivity index (χ3n) is 2.72. The van der Waals surface area contributed by atoms with Crippen LogP contribution < -0.4 is 10.1 Å². The van der Waals surface area contributed by atoms with E-state index in [2.05, 4.69) is 32.7 Å². The molecule has 20 heavy (non-hydrogen) atoms. The van der Waals surface area contributed by atoms with Gasteiger partial charge in [0.15, 0.2) is 0 Å². The van der Waals surface area contributed by atoms with E-state index in [9.17, 15) is 0 Å². The second-order valence-electron chi connectivity index (χ2n) is 4.73. The van der Waals surface area contributed by atoms with Gasteiger partial charge >= 0.3 is 0 Å². The van der Waals surface area contributed by atoms with Crippen LogP contribution in [0.3, 0.4) is 0 Å². The summed E-state index contributed by atoms with van der Waals surface area (Å²) in [6.07, 6.45) is 6.74. The average Bonchev–Trinajstić information content (AvgIpc) is 2.51. The fourth-order valence-corrected chi connectivity index (χ4v) is 1.52. The van der Waals surface area contributed by atoms with Crippen LogP contribution >= 0.6 is 0 Å². The first-order valence-corrected chi connectivity index (χ1v) is 7.84. The van der Waals surface area contributed by atoms with Crippen molar-refractivity contribution in [1.82, 2.24) is 5.32 Å². The lowest BCUT2D eigenvalue weighted by Gasteiger charge is -2.03. The van der Waals surface area contributed by atoms with Crippen molar-refractivity contribution in [2.24, 2.45) is 0 Å². The lowest BCUT2D eigenvalue weighted by atomic mass is 10.2. The van der Waals surface area contributed by atoms with Gasteiger partial charge in [-0.05, 0) is 50.0 Å². The van der Waals surface area contributed by atoms with Crippen LogP contribution in [0.5, 0.6) is 5.75 Å². The van der Waals surface area contributed by atoms with Gasteiger partial charge in [0.2, 0.25) is 0 Å². The molecule has 1 aromatic rings. The van der Waals surface area contributed by atoms with E-state index < -0.39 is 0 Å². The van der Waals surface area contributed by atoms with Gasteiger partial charge in [-0.25, -0.2) is 0 Å². The fraction of sp³-hybridized carbons (Fsp3) is 0.556. The second kappa shape index (κ2) is 14.1. The molecule has 0 radical (unpaired) electrons. The number of hydrogen-bond acceptors (Lipinski definition) is 2. The summed E-state index contributed by atoms with van der Waals surface area (Å²) in [4.78, 5) is 0. The molecule has 0 aliphatic carbocycles. The zero-order chi connectivity index (χ0) is 15.1. The van der Waals surface area contributed by atoms with E-state index in [-0.39, 0.29) is 0 Å². The van der Waals surface area contributed by atoms with Crippen molar-refractivity contribution in [2.45, 2.75) is 46.5 Å². The van der Waals surface area contributed by atoms with Gasteiger partial charge in [-0.2, -0.15) is 0 Å². The lowest BCUT2D eigenvalue weighted by molar-refractivity contribution is 0.317. The van der Waals surface area contributed by atoms with Crippen molar-refractivity contribution in [3.8, 4) is 5.75 Å². The maximum absolute atomic E-state index is 5.42. The first-order chi connectivity index (χ1) is 9.78. The van der Waals surface area contributed by atoms with E-state index in [4.69, 9.17) is 4.74 Å². The number of unbranched alkanes of at least 4 members (excludes halogenated alkanes) is 1. The Labute approximate surface area is 125 Å². The zero-order valence-electron chi connectivity index (χ0n) is 13.5. The molecule has 0 aromatic heterocycles. The highest BCUT2D eigenvalue weighted by Gasteiger charge is 1.90. The molecule has 1 N–H and O–H groups in total. The van der Waals surface area contributed by atoms with Crippen molar-refractivity contribution in [1.29, 1.82) is 0 Å². The van der Waals surface area contributed by atoms with Crippen LogP contribution in [-0.4, -0.2) is 19.7 Å². The number of nitrogens with one attached hydrogen (secondary N) is 1. The van der Waals surface area contributed by atoms with Gasteiger partial charge in [-0.1, -0.05) is 52.0 Å². The maximum atomic E-state index is 5.42. The fourth-order valence-electron chi connectivity index (χ4n) is 1.52. The van der Waals surface area contributed by atoms with Crippen molar-refractivity contribution in [2.75, 3.05) is 19.7 Å². The maximum Gasteiger partial charge on any atom is 0.119 e. The molecule has 0 bridgehead atoms. The van der Waals surface area contributed by atoms with Gasteiger partial charge in [0.25, 0.3) is 0 Å². The summed E-state index contributed by atoms with van der Waals surface area (Å²) in [5.41, 5.74) is 1.12. The smallest absolute Gasteiger partial charge is 0.119 e. The monoisotopic (exact) mass is 277 g/mol. The Morgan fingerprint density at radius 2 is 1.70 bits per heavy atom. The van der Waals surface area contributed by atoms with Crippen LogP contribution in [0.15, 0.2) is 30.8 Å². The summed E-state index contributed by atoms with van der Waals surface area (Å²) < 4.78 is 5.42. The molecule has 2 heteroatoms. The van der Waals surface area contributed by atoms with E-state index in [1.807, 2.05) is 30.3 Å². The van der Waals surface area contributed by atoms with Gasteiger partial charge in [-0.15, -0.1) is 0 Å². The Morgan fingerprint density at radius 3 is 2.20 bits per heavy atom. The van der Waals surface area contributed by atoms with Crippen molar-refractivity contribution in [3.05, 3.63) is 36.4 Å². The highest BCUT2D eigenvalue weighted by molar-refractivity contribution is 5.48. The minimum absolute atomic E-state index is 0.785. The Bertz CT molecular complexity index is 313. The van der Waals surface area contributed by atoms with Gasteiger partial charge in [0.1, 0.15) is 5.75 Å². The number of ether oxygens (including phenoxy) is 1. The minimum Gasteiger partial charge on any atom is -0.494 e. The van der Waals surface area contributed by atoms with E-state index >= 15 is 0 Å². The number of hydrogen-bond donors (Lipinski definition) is 1. The van der Waals surface area contributed by atoms with Crippen molar-refractivity contribution in [3.63, 3.8) is 0 Å². The first-order valence-electron chi connectivity index (χ1n) is 7.84. The highest BCUT2D eigenvalue weighted by atomic mass is 16.5. The molecule has 0 heterocycles. The summed E-state index contributed by atoms with van der Waals surface area (Å²) in [7, 11) is 0. The van der Waals surface area contributed by atoms with Gasteiger partial charge in [0.05, 0.1) is 6.61 Å². The SMILES string of the molecule is C=Cc1ccc(OCCC)cc1.CCCCNCCC. The lowest BCUT2D eigenvalue weighted by Crippen LogP contribution is -2.15. The third-order valence-corrected chi connectivity index (χ3v) is 2.72. The molecule has 2 nitrogen and oxygen atoms in total. The highest BCUT2D eigenvalue weighted by Crippen LogP contribution is 2.12. The summed E-state index contributed by atoms with van der Waals surface area (Å²) in [6, 6.07) is 7.93. The van der Waals surface area contributed by atoms with E-state index in [1.165, 1.54) is 32.4 Å². The molecule has 0 saturated carbocycles. The van der Waals surface area contributed by atoms with Crippen molar-refractivity contribution < 1.29 is 4.74 Å². The van der Waals surface area contributed by atoms with Crippen LogP contribution in [0.2, 0.25) is 0 Å². The normalized spacial score (nSPS) is 9.55. The van der Waals surface area contributed by atoms with E-state index in [0.717, 1.165) is 24.3 Å². The summed E-state index contributed by atoms with van der Waals surface area (Å²) >= 11 is 0. The second-order valence-corrected chi connectivity index (χ2v) is 4.73. The van der Waals surface area contributed by atoms with Crippen LogP contribution in [0.25, 0.3) is 6.08 Å². The summed E-state index contributed by atoms with van der Waals surface area (Å²) in [6.45, 7) is 13.4. The molecule has 0 spiro atoms. The molecule has 1 aromatic carbocycles. The third kappa shape index (κ3) is 10.6. The predicted octanol–water partition coefficient (Wildman–Crippen LogP) is 4.90. The predicted molar refractivity (Wildman–Crippen MR) is 90.4 cm³/mol. The quantitative estimate of drug-likeness (QED) is 0.648. The van der Waals surface area contributed by atoms with Gasteiger partial charge < -0.3 is 10.1 Å². The first kappa shape index (κ1) is 18.7. The molecule has 0 amide bonds. The molecule has 0 fully saturated rings. The topological polar surface area (TPSA) is 21.3 Å². The summed E-state index contributed by atoms with van der Waals surface area (Å²) in [5, 5.41) is 3.34. The van der Waals surface area contributed by atoms with E-state index in [0.29, 0.717) is 0 Å². The molecule has 0 atom stereocenters. The molecule has 0 aliphatic heterocycles. The largest absolute Gasteiger partial charge is 0.494 e. The van der Waals surface area contributed by atoms with Crippen LogP contribution in [0, 0.1) is 0 Å². The van der Waals surface area contributed by atoms with Crippen LogP contribution in [0.1, 0.15) is 52.0 Å². The Kier molecular flexibility index (Phi) is 13.2. The van der Waals surface area contributed by atoms with Crippen LogP contribution in [-0.2, 0) is 0 Å². The Hall–Kier alpha value is -1.28. The standard InChI is InChI=1S/C11H14O.C7H17N/c1-3-9-12-11-7-5-10(4-2)6-8-11;1-3-5-7-8-6-4-2/h4-8H,2-3,9H2,1H3;8H,3-7H2,1-2H3. The average molecular weight is 277 g/mol. The van der Waals surface area contributed by atoms with E-state index in [1.54, 1.807) is 0 Å². The molecule has 0 unspecified atom stereocenters. The molecule has 0 saturated heterocycles. The van der Waals surface area contributed by atoms with Crippen molar-refractivity contribution >= 4 is 6.08 Å². The number of rotatable bonds is 9. The molecule has 0 aliphatic rings. The summed E-state index contributed by atoms with van der Waals surface area (Å²) in [5.74, 6) is 0.933. The molecule has 1 rings (SSSR count). The van der Waals surface area contributed by atoms with Gasteiger partial charge in [-0.3, -0.25) is 0 Å². The molecule has 114 valence electrons.